The number of rotatable bonds is 12. The summed E-state index contributed by atoms with van der Waals surface area (Å²) in [6, 6.07) is 2.85. The van der Waals surface area contributed by atoms with Gasteiger partial charge in [0, 0.05) is 6.04 Å². The molecule has 0 saturated carbocycles. The third-order valence-electron chi connectivity index (χ3n) is 3.74. The normalized spacial score (nSPS) is 12.7. The molecule has 1 atom stereocenters. The Kier molecular flexibility index (Phi) is 10.1. The van der Waals surface area contributed by atoms with Gasteiger partial charge in [-0.3, -0.25) is 0 Å². The van der Waals surface area contributed by atoms with Crippen LogP contribution in [0.4, 0.5) is 0 Å². The van der Waals surface area contributed by atoms with E-state index in [2.05, 4.69) is 36.0 Å². The fourth-order valence-electron chi connectivity index (χ4n) is 2.59. The molecule has 1 aromatic heterocycles. The van der Waals surface area contributed by atoms with Crippen molar-refractivity contribution in [2.24, 2.45) is 0 Å². The Morgan fingerprint density at radius 1 is 1.00 bits per heavy atom. The van der Waals surface area contributed by atoms with Crippen molar-refractivity contribution in [1.29, 1.82) is 0 Å². The Hall–Kier alpha value is -0.340. The zero-order valence-corrected chi connectivity index (χ0v) is 13.6. The van der Waals surface area contributed by atoms with Crippen LogP contribution >= 0.6 is 11.3 Å². The molecule has 0 aliphatic rings. The fourth-order valence-corrected chi connectivity index (χ4v) is 3.30. The topological polar surface area (TPSA) is 12.0 Å². The first-order valence-corrected chi connectivity index (χ1v) is 9.08. The third-order valence-corrected chi connectivity index (χ3v) is 4.44. The van der Waals surface area contributed by atoms with Crippen LogP contribution in [0.25, 0.3) is 0 Å². The van der Waals surface area contributed by atoms with Gasteiger partial charge in [-0.15, -0.1) is 0 Å². The summed E-state index contributed by atoms with van der Waals surface area (Å²) in [6.45, 7) is 5.55. The molecule has 0 radical (unpaired) electrons. The van der Waals surface area contributed by atoms with Crippen LogP contribution in [-0.4, -0.2) is 6.54 Å². The summed E-state index contributed by atoms with van der Waals surface area (Å²) in [5.41, 5.74) is 1.48. The molecule has 0 spiro atoms. The highest BCUT2D eigenvalue weighted by molar-refractivity contribution is 7.07. The standard InChI is InChI=1S/C17H31NS/c1-3-5-6-7-8-9-10-11-12-17(18-4-2)16-13-14-19-15-16/h13-15,17-18H,3-12H2,1-2H3. The summed E-state index contributed by atoms with van der Waals surface area (Å²) < 4.78 is 0. The van der Waals surface area contributed by atoms with Gasteiger partial charge in [-0.25, -0.2) is 0 Å². The zero-order chi connectivity index (χ0) is 13.8. The Balaban J connectivity index is 2.06. The van der Waals surface area contributed by atoms with Gasteiger partial charge in [-0.1, -0.05) is 65.2 Å². The number of hydrogen-bond donors (Lipinski definition) is 1. The van der Waals surface area contributed by atoms with E-state index in [4.69, 9.17) is 0 Å². The summed E-state index contributed by atoms with van der Waals surface area (Å²) >= 11 is 1.81. The summed E-state index contributed by atoms with van der Waals surface area (Å²) in [7, 11) is 0. The molecule has 1 rings (SSSR count). The van der Waals surface area contributed by atoms with Gasteiger partial charge in [-0.2, -0.15) is 11.3 Å². The molecule has 0 aliphatic carbocycles. The van der Waals surface area contributed by atoms with Crippen molar-refractivity contribution in [2.45, 2.75) is 77.7 Å². The molecule has 0 saturated heterocycles. The molecule has 19 heavy (non-hydrogen) atoms. The minimum atomic E-state index is 0.580. The molecule has 0 amide bonds. The minimum absolute atomic E-state index is 0.580. The van der Waals surface area contributed by atoms with Crippen LogP contribution in [0.15, 0.2) is 16.8 Å². The lowest BCUT2D eigenvalue weighted by molar-refractivity contribution is 0.476. The van der Waals surface area contributed by atoms with E-state index in [1.165, 1.54) is 63.4 Å². The molecule has 2 heteroatoms. The monoisotopic (exact) mass is 281 g/mol. The minimum Gasteiger partial charge on any atom is -0.310 e. The molecule has 1 nitrogen and oxygen atoms in total. The van der Waals surface area contributed by atoms with Gasteiger partial charge >= 0.3 is 0 Å². The molecule has 0 aromatic carbocycles. The van der Waals surface area contributed by atoms with Crippen LogP contribution in [0.1, 0.15) is 83.2 Å². The summed E-state index contributed by atoms with van der Waals surface area (Å²) in [5, 5.41) is 8.09. The van der Waals surface area contributed by atoms with Crippen LogP contribution in [0.2, 0.25) is 0 Å². The van der Waals surface area contributed by atoms with E-state index >= 15 is 0 Å². The highest BCUT2D eigenvalue weighted by Crippen LogP contribution is 2.22. The van der Waals surface area contributed by atoms with E-state index in [0.29, 0.717) is 6.04 Å². The Morgan fingerprint density at radius 3 is 2.26 bits per heavy atom. The first-order valence-electron chi connectivity index (χ1n) is 8.14. The van der Waals surface area contributed by atoms with Crippen LogP contribution in [0.5, 0.6) is 0 Å². The Morgan fingerprint density at radius 2 is 1.68 bits per heavy atom. The van der Waals surface area contributed by atoms with Gasteiger partial charge in [0.15, 0.2) is 0 Å². The van der Waals surface area contributed by atoms with Crippen molar-refractivity contribution in [1.82, 2.24) is 5.32 Å². The predicted molar refractivity (Wildman–Crippen MR) is 88.0 cm³/mol. The molecule has 1 heterocycles. The number of thiophene rings is 1. The van der Waals surface area contributed by atoms with Gasteiger partial charge in [0.1, 0.15) is 0 Å². The maximum Gasteiger partial charge on any atom is 0.0328 e. The van der Waals surface area contributed by atoms with E-state index in [-0.39, 0.29) is 0 Å². The first kappa shape index (κ1) is 16.7. The molecule has 0 fully saturated rings. The van der Waals surface area contributed by atoms with Crippen LogP contribution in [-0.2, 0) is 0 Å². The van der Waals surface area contributed by atoms with E-state index < -0.39 is 0 Å². The lowest BCUT2D eigenvalue weighted by Gasteiger charge is -2.16. The first-order chi connectivity index (χ1) is 9.38. The zero-order valence-electron chi connectivity index (χ0n) is 12.8. The second-order valence-corrected chi connectivity index (χ2v) is 6.21. The van der Waals surface area contributed by atoms with Crippen molar-refractivity contribution in [2.75, 3.05) is 6.54 Å². The molecular formula is C17H31NS. The van der Waals surface area contributed by atoms with Gasteiger partial charge in [0.25, 0.3) is 0 Å². The maximum atomic E-state index is 3.61. The molecule has 0 aliphatic heterocycles. The molecular weight excluding hydrogens is 250 g/mol. The van der Waals surface area contributed by atoms with E-state index in [1.807, 2.05) is 11.3 Å². The summed E-state index contributed by atoms with van der Waals surface area (Å²) in [4.78, 5) is 0. The second kappa shape index (κ2) is 11.5. The molecule has 1 N–H and O–H groups in total. The Bertz CT molecular complexity index is 281. The second-order valence-electron chi connectivity index (χ2n) is 5.43. The number of hydrogen-bond acceptors (Lipinski definition) is 2. The Labute approximate surface area is 123 Å². The quantitative estimate of drug-likeness (QED) is 0.468. The lowest BCUT2D eigenvalue weighted by atomic mass is 10.0. The highest BCUT2D eigenvalue weighted by Gasteiger charge is 2.09. The number of unbranched alkanes of at least 4 members (excludes halogenated alkanes) is 7. The highest BCUT2D eigenvalue weighted by atomic mass is 32.1. The van der Waals surface area contributed by atoms with Crippen LogP contribution < -0.4 is 5.32 Å². The van der Waals surface area contributed by atoms with E-state index in [1.54, 1.807) is 0 Å². The summed E-state index contributed by atoms with van der Waals surface area (Å²) in [6.07, 6.45) is 12.6. The third kappa shape index (κ3) is 7.74. The smallest absolute Gasteiger partial charge is 0.0328 e. The van der Waals surface area contributed by atoms with Crippen molar-refractivity contribution in [3.63, 3.8) is 0 Å². The average molecular weight is 282 g/mol. The molecule has 0 bridgehead atoms. The van der Waals surface area contributed by atoms with E-state index in [9.17, 15) is 0 Å². The average Bonchev–Trinajstić information content (AvgIpc) is 2.94. The SMILES string of the molecule is CCCCCCCCCCC(NCC)c1ccsc1. The van der Waals surface area contributed by atoms with Crippen molar-refractivity contribution < 1.29 is 0 Å². The van der Waals surface area contributed by atoms with Crippen LogP contribution in [0, 0.1) is 0 Å². The van der Waals surface area contributed by atoms with Gasteiger partial charge in [0.05, 0.1) is 0 Å². The molecule has 1 unspecified atom stereocenters. The lowest BCUT2D eigenvalue weighted by Crippen LogP contribution is -2.20. The fraction of sp³-hybridized carbons (Fsp3) is 0.765. The van der Waals surface area contributed by atoms with Gasteiger partial charge in [-0.05, 0) is 35.4 Å². The largest absolute Gasteiger partial charge is 0.310 e. The number of nitrogens with one attached hydrogen (secondary N) is 1. The van der Waals surface area contributed by atoms with Crippen molar-refractivity contribution in [3.05, 3.63) is 22.4 Å². The van der Waals surface area contributed by atoms with E-state index in [0.717, 1.165) is 6.54 Å². The van der Waals surface area contributed by atoms with Crippen LogP contribution in [0.3, 0.4) is 0 Å². The predicted octanol–water partition coefficient (Wildman–Crippen LogP) is 5.93. The van der Waals surface area contributed by atoms with Gasteiger partial charge in [0.2, 0.25) is 0 Å². The van der Waals surface area contributed by atoms with Gasteiger partial charge < -0.3 is 5.32 Å². The van der Waals surface area contributed by atoms with Crippen molar-refractivity contribution >= 4 is 11.3 Å². The molecule has 110 valence electrons. The maximum absolute atomic E-state index is 3.61. The summed E-state index contributed by atoms with van der Waals surface area (Å²) in [5.74, 6) is 0. The molecule has 1 aromatic rings. The van der Waals surface area contributed by atoms with Crippen molar-refractivity contribution in [3.8, 4) is 0 Å².